The van der Waals surface area contributed by atoms with E-state index in [-0.39, 0.29) is 0 Å². The van der Waals surface area contributed by atoms with E-state index in [1.54, 1.807) is 6.07 Å². The van der Waals surface area contributed by atoms with Crippen LogP contribution in [-0.2, 0) is 13.0 Å². The first-order valence-corrected chi connectivity index (χ1v) is 10.9. The van der Waals surface area contributed by atoms with Gasteiger partial charge in [-0.05, 0) is 73.3 Å². The Balaban J connectivity index is 1.71. The Labute approximate surface area is 186 Å². The molecule has 0 atom stereocenters. The Morgan fingerprint density at radius 2 is 1.73 bits per heavy atom. The third-order valence-electron chi connectivity index (χ3n) is 5.21. The topological polar surface area (TPSA) is 51.0 Å². The molecule has 0 unspecified atom stereocenters. The molecular formula is C25H24Cl2N2O. The number of benzene rings is 3. The monoisotopic (exact) mass is 438 g/mol. The van der Waals surface area contributed by atoms with Gasteiger partial charge in [-0.3, -0.25) is 0 Å². The molecule has 1 aromatic heterocycles. The Kier molecular flexibility index (Phi) is 6.63. The Morgan fingerprint density at radius 1 is 0.900 bits per heavy atom. The number of rotatable bonds is 8. The van der Waals surface area contributed by atoms with Crippen molar-refractivity contribution in [1.29, 1.82) is 0 Å². The van der Waals surface area contributed by atoms with Crippen LogP contribution in [0.5, 0.6) is 5.75 Å². The van der Waals surface area contributed by atoms with Gasteiger partial charge in [-0.2, -0.15) is 0 Å². The molecular weight excluding hydrogens is 415 g/mol. The Bertz CT molecular complexity index is 1140. The molecule has 3 aromatic carbocycles. The maximum absolute atomic E-state index is 6.52. The van der Waals surface area contributed by atoms with Crippen molar-refractivity contribution >= 4 is 34.1 Å². The molecule has 0 radical (unpaired) electrons. The van der Waals surface area contributed by atoms with Crippen molar-refractivity contribution in [3.63, 3.8) is 0 Å². The van der Waals surface area contributed by atoms with Crippen LogP contribution in [0.4, 0.5) is 0 Å². The lowest BCUT2D eigenvalue weighted by Crippen LogP contribution is -1.99. The minimum absolute atomic E-state index is 0.537. The number of nitrogens with one attached hydrogen (secondary N) is 1. The predicted octanol–water partition coefficient (Wildman–Crippen LogP) is 7.00. The number of fused-ring (bicyclic) bond motifs is 1. The molecule has 3 nitrogen and oxygen atoms in total. The second kappa shape index (κ2) is 9.57. The van der Waals surface area contributed by atoms with Gasteiger partial charge in [-0.15, -0.1) is 0 Å². The van der Waals surface area contributed by atoms with Gasteiger partial charge in [0, 0.05) is 21.5 Å². The molecule has 0 spiro atoms. The summed E-state index contributed by atoms with van der Waals surface area (Å²) >= 11 is 12.6. The molecule has 0 aliphatic carbocycles. The van der Waals surface area contributed by atoms with Gasteiger partial charge in [0.15, 0.2) is 0 Å². The summed E-state index contributed by atoms with van der Waals surface area (Å²) in [7, 11) is 0. The highest BCUT2D eigenvalue weighted by Crippen LogP contribution is 2.37. The largest absolute Gasteiger partial charge is 0.489 e. The molecule has 0 aliphatic rings. The van der Waals surface area contributed by atoms with Crippen LogP contribution in [0.15, 0.2) is 66.7 Å². The summed E-state index contributed by atoms with van der Waals surface area (Å²) in [5, 5.41) is 2.41. The number of hydrogen-bond acceptors (Lipinski definition) is 2. The van der Waals surface area contributed by atoms with Crippen molar-refractivity contribution in [1.82, 2.24) is 4.98 Å². The number of aryl methyl sites for hydroxylation is 1. The molecule has 154 valence electrons. The molecule has 4 aromatic rings. The summed E-state index contributed by atoms with van der Waals surface area (Å²) in [5.74, 6) is 0.846. The standard InChI is InChI=1S/C25H24Cl2N2O/c26-18-9-11-21(23(27)14-18)25-20(8-4-5-13-28)22-15-19(10-12-24(22)29-25)30-16-17-6-2-1-3-7-17/h1-3,6-7,9-12,14-15,29H,4-5,8,13,16,28H2. The number of halogens is 2. The predicted molar refractivity (Wildman–Crippen MR) is 127 cm³/mol. The Morgan fingerprint density at radius 3 is 2.50 bits per heavy atom. The van der Waals surface area contributed by atoms with Crippen molar-refractivity contribution < 1.29 is 4.74 Å². The first-order valence-electron chi connectivity index (χ1n) is 10.1. The van der Waals surface area contributed by atoms with Gasteiger partial charge in [0.1, 0.15) is 12.4 Å². The van der Waals surface area contributed by atoms with Crippen LogP contribution in [0, 0.1) is 0 Å². The number of hydrogen-bond donors (Lipinski definition) is 2. The highest BCUT2D eigenvalue weighted by Gasteiger charge is 2.16. The lowest BCUT2D eigenvalue weighted by molar-refractivity contribution is 0.306. The minimum Gasteiger partial charge on any atom is -0.489 e. The van der Waals surface area contributed by atoms with Gasteiger partial charge < -0.3 is 15.5 Å². The fraction of sp³-hybridized carbons (Fsp3) is 0.200. The van der Waals surface area contributed by atoms with Crippen LogP contribution >= 0.6 is 23.2 Å². The summed E-state index contributed by atoms with van der Waals surface area (Å²) in [4.78, 5) is 3.55. The third kappa shape index (κ3) is 4.65. The van der Waals surface area contributed by atoms with E-state index < -0.39 is 0 Å². The van der Waals surface area contributed by atoms with Gasteiger partial charge in [0.25, 0.3) is 0 Å². The number of H-pyrrole nitrogens is 1. The quantitative estimate of drug-likeness (QED) is 0.290. The van der Waals surface area contributed by atoms with Gasteiger partial charge >= 0.3 is 0 Å². The zero-order valence-corrected chi connectivity index (χ0v) is 18.1. The second-order valence-electron chi connectivity index (χ2n) is 7.33. The molecule has 0 fully saturated rings. The maximum Gasteiger partial charge on any atom is 0.120 e. The summed E-state index contributed by atoms with van der Waals surface area (Å²) in [5.41, 5.74) is 11.1. The summed E-state index contributed by atoms with van der Waals surface area (Å²) in [6.45, 7) is 1.22. The van der Waals surface area contributed by atoms with E-state index in [4.69, 9.17) is 33.7 Å². The summed E-state index contributed by atoms with van der Waals surface area (Å²) < 4.78 is 6.06. The maximum atomic E-state index is 6.52. The molecule has 30 heavy (non-hydrogen) atoms. The third-order valence-corrected chi connectivity index (χ3v) is 5.76. The molecule has 0 amide bonds. The van der Waals surface area contributed by atoms with Crippen molar-refractivity contribution in [2.75, 3.05) is 6.54 Å². The van der Waals surface area contributed by atoms with E-state index in [2.05, 4.69) is 29.2 Å². The summed E-state index contributed by atoms with van der Waals surface area (Å²) in [6.07, 6.45) is 2.90. The van der Waals surface area contributed by atoms with Crippen LogP contribution in [0.25, 0.3) is 22.2 Å². The van der Waals surface area contributed by atoms with E-state index >= 15 is 0 Å². The first-order chi connectivity index (χ1) is 14.7. The number of aromatic amines is 1. The number of aromatic nitrogens is 1. The molecule has 4 rings (SSSR count). The molecule has 0 saturated carbocycles. The molecule has 3 N–H and O–H groups in total. The molecule has 0 bridgehead atoms. The molecule has 1 heterocycles. The fourth-order valence-electron chi connectivity index (χ4n) is 3.69. The van der Waals surface area contributed by atoms with E-state index in [0.29, 0.717) is 23.2 Å². The minimum atomic E-state index is 0.537. The zero-order valence-electron chi connectivity index (χ0n) is 16.6. The van der Waals surface area contributed by atoms with Crippen LogP contribution in [0.1, 0.15) is 24.0 Å². The normalized spacial score (nSPS) is 11.2. The lowest BCUT2D eigenvalue weighted by atomic mass is 10.00. The van der Waals surface area contributed by atoms with E-state index in [0.717, 1.165) is 52.7 Å². The van der Waals surface area contributed by atoms with E-state index in [1.807, 2.05) is 36.4 Å². The van der Waals surface area contributed by atoms with Crippen LogP contribution < -0.4 is 10.5 Å². The van der Waals surface area contributed by atoms with Gasteiger partial charge in [-0.1, -0.05) is 53.5 Å². The van der Waals surface area contributed by atoms with Gasteiger partial charge in [0.05, 0.1) is 10.7 Å². The molecule has 5 heteroatoms. The van der Waals surface area contributed by atoms with Crippen molar-refractivity contribution in [2.45, 2.75) is 25.9 Å². The highest BCUT2D eigenvalue weighted by molar-refractivity contribution is 6.36. The van der Waals surface area contributed by atoms with Crippen molar-refractivity contribution in [3.05, 3.63) is 87.9 Å². The smallest absolute Gasteiger partial charge is 0.120 e. The average Bonchev–Trinajstić information content (AvgIpc) is 3.11. The van der Waals surface area contributed by atoms with Crippen LogP contribution in [0.2, 0.25) is 10.0 Å². The lowest BCUT2D eigenvalue weighted by Gasteiger charge is -2.09. The second-order valence-corrected chi connectivity index (χ2v) is 8.17. The number of unbranched alkanes of at least 4 members (excludes halogenated alkanes) is 1. The first kappa shape index (κ1) is 20.8. The molecule has 0 aliphatic heterocycles. The number of nitrogens with two attached hydrogens (primary N) is 1. The van der Waals surface area contributed by atoms with E-state index in [9.17, 15) is 0 Å². The average molecular weight is 439 g/mol. The molecule has 0 saturated heterocycles. The van der Waals surface area contributed by atoms with Crippen LogP contribution in [0.3, 0.4) is 0 Å². The Hall–Kier alpha value is -2.46. The SMILES string of the molecule is NCCCCc1c(-c2ccc(Cl)cc2Cl)[nH]c2ccc(OCc3ccccc3)cc12. The summed E-state index contributed by atoms with van der Waals surface area (Å²) in [6, 6.07) is 22.0. The van der Waals surface area contributed by atoms with Crippen LogP contribution in [-0.4, -0.2) is 11.5 Å². The van der Waals surface area contributed by atoms with Gasteiger partial charge in [-0.25, -0.2) is 0 Å². The zero-order chi connectivity index (χ0) is 20.9. The highest BCUT2D eigenvalue weighted by atomic mass is 35.5. The van der Waals surface area contributed by atoms with Gasteiger partial charge in [0.2, 0.25) is 0 Å². The van der Waals surface area contributed by atoms with E-state index in [1.165, 1.54) is 5.56 Å². The fourth-order valence-corrected chi connectivity index (χ4v) is 4.19. The van der Waals surface area contributed by atoms with Crippen molar-refractivity contribution in [3.8, 4) is 17.0 Å². The number of ether oxygens (including phenoxy) is 1. The van der Waals surface area contributed by atoms with Crippen molar-refractivity contribution in [2.24, 2.45) is 5.73 Å².